The molecule has 0 saturated carbocycles. The average Bonchev–Trinajstić information content (AvgIpc) is 2.22. The molecule has 0 fully saturated rings. The van der Waals surface area contributed by atoms with Gasteiger partial charge in [0.1, 0.15) is 0 Å². The molecule has 0 aromatic rings. The van der Waals surface area contributed by atoms with Crippen LogP contribution in [0.4, 0.5) is 0 Å². The monoisotopic (exact) mass is 202 g/mol. The molecular weight excluding hydrogens is 176 g/mol. The first-order valence-electron chi connectivity index (χ1n) is 5.90. The summed E-state index contributed by atoms with van der Waals surface area (Å²) in [6.07, 6.45) is 4.94. The number of aliphatic hydroxyl groups is 1. The van der Waals surface area contributed by atoms with E-state index in [0.717, 1.165) is 32.1 Å². The fourth-order valence-electron chi connectivity index (χ4n) is 1.87. The van der Waals surface area contributed by atoms with Gasteiger partial charge in [-0.15, -0.1) is 0 Å². The molecule has 0 amide bonds. The van der Waals surface area contributed by atoms with Crippen LogP contribution in [0.2, 0.25) is 0 Å². The van der Waals surface area contributed by atoms with Gasteiger partial charge in [-0.3, -0.25) is 0 Å². The zero-order valence-electron chi connectivity index (χ0n) is 10.1. The van der Waals surface area contributed by atoms with Crippen molar-refractivity contribution in [3.05, 3.63) is 0 Å². The van der Waals surface area contributed by atoms with Crippen LogP contribution in [0.3, 0.4) is 0 Å². The van der Waals surface area contributed by atoms with Crippen molar-refractivity contribution in [2.75, 3.05) is 7.11 Å². The molecule has 0 aliphatic heterocycles. The molecule has 2 nitrogen and oxygen atoms in total. The van der Waals surface area contributed by atoms with Gasteiger partial charge in [-0.05, 0) is 18.8 Å². The predicted molar refractivity (Wildman–Crippen MR) is 60.4 cm³/mol. The van der Waals surface area contributed by atoms with E-state index in [1.807, 2.05) is 0 Å². The molecule has 2 atom stereocenters. The summed E-state index contributed by atoms with van der Waals surface area (Å²) in [5.41, 5.74) is 0. The molecule has 0 spiro atoms. The Morgan fingerprint density at radius 1 is 1.14 bits per heavy atom. The van der Waals surface area contributed by atoms with Gasteiger partial charge in [0.05, 0.1) is 12.2 Å². The summed E-state index contributed by atoms with van der Waals surface area (Å²) in [5, 5.41) is 9.95. The van der Waals surface area contributed by atoms with Gasteiger partial charge in [0.2, 0.25) is 0 Å². The van der Waals surface area contributed by atoms with Crippen molar-refractivity contribution < 1.29 is 9.84 Å². The molecule has 1 N–H and O–H groups in total. The Morgan fingerprint density at radius 3 is 2.07 bits per heavy atom. The highest BCUT2D eigenvalue weighted by atomic mass is 16.5. The Hall–Kier alpha value is -0.0800. The van der Waals surface area contributed by atoms with E-state index in [4.69, 9.17) is 4.74 Å². The first-order chi connectivity index (χ1) is 6.69. The summed E-state index contributed by atoms with van der Waals surface area (Å²) >= 11 is 0. The molecule has 0 aromatic carbocycles. The maximum Gasteiger partial charge on any atom is 0.0830 e. The van der Waals surface area contributed by atoms with Crippen LogP contribution >= 0.6 is 0 Å². The number of hydrogen-bond acceptors (Lipinski definition) is 2. The van der Waals surface area contributed by atoms with E-state index in [2.05, 4.69) is 20.8 Å². The van der Waals surface area contributed by atoms with Crippen molar-refractivity contribution in [1.82, 2.24) is 0 Å². The van der Waals surface area contributed by atoms with E-state index in [1.165, 1.54) is 0 Å². The molecule has 0 aromatic heterocycles. The van der Waals surface area contributed by atoms with Gasteiger partial charge in [0.25, 0.3) is 0 Å². The molecule has 0 rings (SSSR count). The Bertz CT molecular complexity index is 121. The van der Waals surface area contributed by atoms with Crippen LogP contribution in [0.5, 0.6) is 0 Å². The van der Waals surface area contributed by atoms with Gasteiger partial charge < -0.3 is 9.84 Å². The molecule has 0 heterocycles. The maximum atomic E-state index is 9.95. The molecule has 2 heteroatoms. The van der Waals surface area contributed by atoms with E-state index in [9.17, 15) is 5.11 Å². The second-order valence-corrected chi connectivity index (χ2v) is 4.05. The van der Waals surface area contributed by atoms with Gasteiger partial charge in [-0.25, -0.2) is 0 Å². The number of hydrogen-bond donors (Lipinski definition) is 1. The quantitative estimate of drug-likeness (QED) is 0.655. The third kappa shape index (κ3) is 4.97. The summed E-state index contributed by atoms with van der Waals surface area (Å²) in [6, 6.07) is 0. The molecule has 86 valence electrons. The Labute approximate surface area is 88.7 Å². The Balaban J connectivity index is 3.94. The normalized spacial score (nSPS) is 15.9. The minimum absolute atomic E-state index is 0.0283. The van der Waals surface area contributed by atoms with Gasteiger partial charge >= 0.3 is 0 Å². The molecule has 0 saturated heterocycles. The molecule has 0 radical (unpaired) electrons. The van der Waals surface area contributed by atoms with Crippen molar-refractivity contribution in [2.24, 2.45) is 5.92 Å². The molecular formula is C12H26O2. The molecule has 0 bridgehead atoms. The third-order valence-corrected chi connectivity index (χ3v) is 3.03. The summed E-state index contributed by atoms with van der Waals surface area (Å²) in [5.74, 6) is 0.638. The maximum absolute atomic E-state index is 9.95. The van der Waals surface area contributed by atoms with Crippen LogP contribution in [0.15, 0.2) is 0 Å². The number of methoxy groups -OCH3 is 1. The van der Waals surface area contributed by atoms with Crippen molar-refractivity contribution in [1.29, 1.82) is 0 Å². The second kappa shape index (κ2) is 8.25. The SMILES string of the molecule is CCCC(OC)C(O)CC(CC)CC. The van der Waals surface area contributed by atoms with Crippen LogP contribution in [-0.4, -0.2) is 24.4 Å². The second-order valence-electron chi connectivity index (χ2n) is 4.05. The molecule has 2 unspecified atom stereocenters. The lowest BCUT2D eigenvalue weighted by Gasteiger charge is -2.24. The standard InChI is InChI=1S/C12H26O2/c1-5-8-12(14-4)11(13)9-10(6-2)7-3/h10-13H,5-9H2,1-4H3. The lowest BCUT2D eigenvalue weighted by molar-refractivity contribution is -0.0278. The minimum atomic E-state index is -0.287. The number of aliphatic hydroxyl groups excluding tert-OH is 1. The summed E-state index contributed by atoms with van der Waals surface area (Å²) in [7, 11) is 1.69. The van der Waals surface area contributed by atoms with Gasteiger partial charge in [0.15, 0.2) is 0 Å². The van der Waals surface area contributed by atoms with E-state index < -0.39 is 0 Å². The van der Waals surface area contributed by atoms with Gasteiger partial charge in [-0.2, -0.15) is 0 Å². The molecule has 0 aliphatic rings. The van der Waals surface area contributed by atoms with Crippen LogP contribution < -0.4 is 0 Å². The average molecular weight is 202 g/mol. The van der Waals surface area contributed by atoms with Crippen LogP contribution in [-0.2, 0) is 4.74 Å². The van der Waals surface area contributed by atoms with Crippen LogP contribution in [0.25, 0.3) is 0 Å². The van der Waals surface area contributed by atoms with Crippen molar-refractivity contribution in [3.63, 3.8) is 0 Å². The smallest absolute Gasteiger partial charge is 0.0830 e. The fourth-order valence-corrected chi connectivity index (χ4v) is 1.87. The number of ether oxygens (including phenoxy) is 1. The lowest BCUT2D eigenvalue weighted by Crippen LogP contribution is -2.29. The Kier molecular flexibility index (Phi) is 8.20. The third-order valence-electron chi connectivity index (χ3n) is 3.03. The fraction of sp³-hybridized carbons (Fsp3) is 1.00. The number of rotatable bonds is 8. The zero-order valence-corrected chi connectivity index (χ0v) is 10.1. The zero-order chi connectivity index (χ0) is 11.0. The van der Waals surface area contributed by atoms with Gasteiger partial charge in [-0.1, -0.05) is 40.0 Å². The summed E-state index contributed by atoms with van der Waals surface area (Å²) in [4.78, 5) is 0. The first-order valence-corrected chi connectivity index (χ1v) is 5.90. The highest BCUT2D eigenvalue weighted by Gasteiger charge is 2.20. The lowest BCUT2D eigenvalue weighted by atomic mass is 9.92. The van der Waals surface area contributed by atoms with E-state index in [-0.39, 0.29) is 12.2 Å². The topological polar surface area (TPSA) is 29.5 Å². The van der Waals surface area contributed by atoms with E-state index in [1.54, 1.807) is 7.11 Å². The van der Waals surface area contributed by atoms with E-state index >= 15 is 0 Å². The largest absolute Gasteiger partial charge is 0.390 e. The first kappa shape index (κ1) is 13.9. The van der Waals surface area contributed by atoms with Gasteiger partial charge in [0, 0.05) is 7.11 Å². The molecule has 14 heavy (non-hydrogen) atoms. The van der Waals surface area contributed by atoms with Crippen molar-refractivity contribution >= 4 is 0 Å². The predicted octanol–water partition coefficient (Wildman–Crippen LogP) is 2.99. The van der Waals surface area contributed by atoms with Crippen LogP contribution in [0.1, 0.15) is 52.9 Å². The highest BCUT2D eigenvalue weighted by molar-refractivity contribution is 4.71. The van der Waals surface area contributed by atoms with E-state index in [0.29, 0.717) is 5.92 Å². The molecule has 0 aliphatic carbocycles. The van der Waals surface area contributed by atoms with Crippen molar-refractivity contribution in [2.45, 2.75) is 65.1 Å². The minimum Gasteiger partial charge on any atom is -0.390 e. The Morgan fingerprint density at radius 2 is 1.71 bits per heavy atom. The highest BCUT2D eigenvalue weighted by Crippen LogP contribution is 2.19. The van der Waals surface area contributed by atoms with Crippen LogP contribution in [0, 0.1) is 5.92 Å². The summed E-state index contributed by atoms with van der Waals surface area (Å²) in [6.45, 7) is 6.49. The summed E-state index contributed by atoms with van der Waals surface area (Å²) < 4.78 is 5.29. The van der Waals surface area contributed by atoms with Crippen molar-refractivity contribution in [3.8, 4) is 0 Å².